The van der Waals surface area contributed by atoms with Gasteiger partial charge in [-0.2, -0.15) is 5.10 Å². The molecule has 0 saturated heterocycles. The van der Waals surface area contributed by atoms with Gasteiger partial charge in [0.15, 0.2) is 0 Å². The Bertz CT molecular complexity index is 572. The maximum atomic E-state index is 14.0. The van der Waals surface area contributed by atoms with Crippen molar-refractivity contribution in [3.63, 3.8) is 0 Å². The minimum absolute atomic E-state index is 0.0820. The van der Waals surface area contributed by atoms with E-state index in [1.54, 1.807) is 16.9 Å². The van der Waals surface area contributed by atoms with Crippen LogP contribution >= 0.6 is 11.6 Å². The number of benzene rings is 1. The second kappa shape index (κ2) is 5.31. The van der Waals surface area contributed by atoms with Crippen molar-refractivity contribution in [3.8, 4) is 5.69 Å². The molecule has 0 aliphatic heterocycles. The van der Waals surface area contributed by atoms with Gasteiger partial charge in [0.1, 0.15) is 5.82 Å². The van der Waals surface area contributed by atoms with E-state index < -0.39 is 0 Å². The third kappa shape index (κ3) is 3.55. The van der Waals surface area contributed by atoms with E-state index in [1.807, 2.05) is 26.8 Å². The SMILES string of the molecule is CC(C)(C)NCc1c(F)cccc1-n1cc(Cl)cn1. The molecule has 19 heavy (non-hydrogen) atoms. The largest absolute Gasteiger partial charge is 0.308 e. The first-order valence-corrected chi connectivity index (χ1v) is 6.47. The van der Waals surface area contributed by atoms with Crippen LogP contribution in [-0.4, -0.2) is 15.3 Å². The minimum atomic E-state index is -0.249. The Morgan fingerprint density at radius 1 is 1.37 bits per heavy atom. The molecule has 1 N–H and O–H groups in total. The molecule has 0 radical (unpaired) electrons. The van der Waals surface area contributed by atoms with Crippen molar-refractivity contribution in [3.05, 3.63) is 47.0 Å². The number of nitrogens with zero attached hydrogens (tertiary/aromatic N) is 2. The van der Waals surface area contributed by atoms with Gasteiger partial charge in [0, 0.05) is 23.8 Å². The van der Waals surface area contributed by atoms with Gasteiger partial charge in [0.05, 0.1) is 16.9 Å². The van der Waals surface area contributed by atoms with E-state index in [0.717, 1.165) is 0 Å². The molecule has 0 bridgehead atoms. The third-order valence-corrected chi connectivity index (χ3v) is 2.88. The fourth-order valence-corrected chi connectivity index (χ4v) is 1.86. The summed E-state index contributed by atoms with van der Waals surface area (Å²) in [6.07, 6.45) is 3.20. The quantitative estimate of drug-likeness (QED) is 0.932. The second-order valence-electron chi connectivity index (χ2n) is 5.44. The smallest absolute Gasteiger partial charge is 0.129 e. The van der Waals surface area contributed by atoms with Crippen LogP contribution in [0.1, 0.15) is 26.3 Å². The zero-order chi connectivity index (χ0) is 14.0. The molecule has 0 unspecified atom stereocenters. The number of nitrogens with one attached hydrogen (secondary N) is 1. The zero-order valence-corrected chi connectivity index (χ0v) is 12.0. The number of halogens is 2. The Morgan fingerprint density at radius 2 is 2.11 bits per heavy atom. The van der Waals surface area contributed by atoms with E-state index in [4.69, 9.17) is 11.6 Å². The van der Waals surface area contributed by atoms with Crippen LogP contribution in [0.5, 0.6) is 0 Å². The highest BCUT2D eigenvalue weighted by Gasteiger charge is 2.15. The molecule has 1 aromatic carbocycles. The summed E-state index contributed by atoms with van der Waals surface area (Å²) in [5.41, 5.74) is 1.20. The summed E-state index contributed by atoms with van der Waals surface area (Å²) in [4.78, 5) is 0. The van der Waals surface area contributed by atoms with Crippen molar-refractivity contribution in [2.75, 3.05) is 0 Å². The van der Waals surface area contributed by atoms with Gasteiger partial charge >= 0.3 is 0 Å². The van der Waals surface area contributed by atoms with Crippen LogP contribution in [0.2, 0.25) is 5.02 Å². The lowest BCUT2D eigenvalue weighted by atomic mass is 10.1. The highest BCUT2D eigenvalue weighted by atomic mass is 35.5. The normalized spacial score (nSPS) is 11.8. The summed E-state index contributed by atoms with van der Waals surface area (Å²) in [6.45, 7) is 6.55. The van der Waals surface area contributed by atoms with Crippen LogP contribution in [0.3, 0.4) is 0 Å². The van der Waals surface area contributed by atoms with E-state index in [-0.39, 0.29) is 11.4 Å². The van der Waals surface area contributed by atoms with Gasteiger partial charge < -0.3 is 5.32 Å². The average Bonchev–Trinajstić information content (AvgIpc) is 2.72. The van der Waals surface area contributed by atoms with E-state index in [2.05, 4.69) is 10.4 Å². The lowest BCUT2D eigenvalue weighted by Gasteiger charge is -2.22. The molecule has 0 atom stereocenters. The van der Waals surface area contributed by atoms with Crippen molar-refractivity contribution >= 4 is 11.6 Å². The zero-order valence-electron chi connectivity index (χ0n) is 11.2. The molecule has 2 rings (SSSR count). The summed E-state index contributed by atoms with van der Waals surface area (Å²) < 4.78 is 15.6. The lowest BCUT2D eigenvalue weighted by molar-refractivity contribution is 0.418. The van der Waals surface area contributed by atoms with Crippen LogP contribution in [0.4, 0.5) is 4.39 Å². The Balaban J connectivity index is 2.36. The van der Waals surface area contributed by atoms with Crippen molar-refractivity contribution in [1.82, 2.24) is 15.1 Å². The summed E-state index contributed by atoms with van der Waals surface area (Å²) in [5.74, 6) is -0.249. The number of hydrogen-bond donors (Lipinski definition) is 1. The van der Waals surface area contributed by atoms with Crippen LogP contribution < -0.4 is 5.32 Å². The van der Waals surface area contributed by atoms with Crippen molar-refractivity contribution in [2.45, 2.75) is 32.9 Å². The molecule has 0 fully saturated rings. The van der Waals surface area contributed by atoms with Gasteiger partial charge in [-0.05, 0) is 32.9 Å². The minimum Gasteiger partial charge on any atom is -0.308 e. The molecule has 102 valence electrons. The van der Waals surface area contributed by atoms with Crippen molar-refractivity contribution in [2.24, 2.45) is 0 Å². The Kier molecular flexibility index (Phi) is 3.92. The predicted octanol–water partition coefficient (Wildman–Crippen LogP) is 3.55. The number of aromatic nitrogens is 2. The predicted molar refractivity (Wildman–Crippen MR) is 75.1 cm³/mol. The molecule has 0 spiro atoms. The molecule has 5 heteroatoms. The van der Waals surface area contributed by atoms with E-state index >= 15 is 0 Å². The monoisotopic (exact) mass is 281 g/mol. The lowest BCUT2D eigenvalue weighted by Crippen LogP contribution is -2.35. The molecule has 0 amide bonds. The summed E-state index contributed by atoms with van der Waals surface area (Å²) in [7, 11) is 0. The van der Waals surface area contributed by atoms with Crippen LogP contribution in [0.15, 0.2) is 30.6 Å². The highest BCUT2D eigenvalue weighted by Crippen LogP contribution is 2.20. The third-order valence-electron chi connectivity index (χ3n) is 2.69. The molecular formula is C14H17ClFN3. The van der Waals surface area contributed by atoms with Crippen LogP contribution in [-0.2, 0) is 6.54 Å². The first-order valence-electron chi connectivity index (χ1n) is 6.10. The molecule has 1 aromatic heterocycles. The van der Waals surface area contributed by atoms with Gasteiger partial charge in [-0.15, -0.1) is 0 Å². The molecule has 0 aliphatic carbocycles. The van der Waals surface area contributed by atoms with Crippen LogP contribution in [0, 0.1) is 5.82 Å². The summed E-state index contributed by atoms with van der Waals surface area (Å²) in [6, 6.07) is 4.95. The molecule has 2 aromatic rings. The van der Waals surface area contributed by atoms with Crippen molar-refractivity contribution in [1.29, 1.82) is 0 Å². The standard InChI is InChI=1S/C14H17ClFN3/c1-14(2,3)17-8-11-12(16)5-4-6-13(11)19-9-10(15)7-18-19/h4-7,9,17H,8H2,1-3H3. The van der Waals surface area contributed by atoms with Gasteiger partial charge in [0.2, 0.25) is 0 Å². The van der Waals surface area contributed by atoms with Gasteiger partial charge in [-0.1, -0.05) is 17.7 Å². The molecule has 1 heterocycles. The second-order valence-corrected chi connectivity index (χ2v) is 5.88. The molecule has 0 aliphatic rings. The van der Waals surface area contributed by atoms with E-state index in [9.17, 15) is 4.39 Å². The molecular weight excluding hydrogens is 265 g/mol. The maximum Gasteiger partial charge on any atom is 0.129 e. The Morgan fingerprint density at radius 3 is 2.68 bits per heavy atom. The van der Waals surface area contributed by atoms with Gasteiger partial charge in [-0.3, -0.25) is 0 Å². The number of rotatable bonds is 3. The first-order chi connectivity index (χ1) is 8.87. The summed E-state index contributed by atoms with van der Waals surface area (Å²) in [5, 5.41) is 7.93. The first kappa shape index (κ1) is 14.0. The fourth-order valence-electron chi connectivity index (χ4n) is 1.72. The fraction of sp³-hybridized carbons (Fsp3) is 0.357. The molecule has 3 nitrogen and oxygen atoms in total. The topological polar surface area (TPSA) is 29.9 Å². The maximum absolute atomic E-state index is 14.0. The van der Waals surface area contributed by atoms with E-state index in [0.29, 0.717) is 22.8 Å². The Labute approximate surface area is 117 Å². The highest BCUT2D eigenvalue weighted by molar-refractivity contribution is 6.30. The number of hydrogen-bond acceptors (Lipinski definition) is 2. The summed E-state index contributed by atoms with van der Waals surface area (Å²) >= 11 is 5.86. The van der Waals surface area contributed by atoms with Crippen molar-refractivity contribution < 1.29 is 4.39 Å². The van der Waals surface area contributed by atoms with E-state index in [1.165, 1.54) is 12.3 Å². The van der Waals surface area contributed by atoms with Gasteiger partial charge in [-0.25, -0.2) is 9.07 Å². The molecule has 0 saturated carbocycles. The average molecular weight is 282 g/mol. The van der Waals surface area contributed by atoms with Crippen LogP contribution in [0.25, 0.3) is 5.69 Å². The van der Waals surface area contributed by atoms with Gasteiger partial charge in [0.25, 0.3) is 0 Å². The Hall–Kier alpha value is -1.39.